The summed E-state index contributed by atoms with van der Waals surface area (Å²) in [5.41, 5.74) is 6.01. The SMILES string of the molecule is CCc1ccccc1OCCC(C#N)c1c(C)cc(C)cc1C. The molecule has 23 heavy (non-hydrogen) atoms. The lowest BCUT2D eigenvalue weighted by Gasteiger charge is -2.17. The minimum Gasteiger partial charge on any atom is -0.493 e. The maximum atomic E-state index is 9.59. The van der Waals surface area contributed by atoms with Gasteiger partial charge in [0.25, 0.3) is 0 Å². The number of nitrogens with zero attached hydrogens (tertiary/aromatic N) is 1. The lowest BCUT2D eigenvalue weighted by atomic mass is 9.88. The zero-order valence-corrected chi connectivity index (χ0v) is 14.5. The Morgan fingerprint density at radius 2 is 1.74 bits per heavy atom. The highest BCUT2D eigenvalue weighted by molar-refractivity contribution is 5.42. The van der Waals surface area contributed by atoms with Crippen molar-refractivity contribution in [3.8, 4) is 11.8 Å². The van der Waals surface area contributed by atoms with Gasteiger partial charge in [0.2, 0.25) is 0 Å². The molecule has 0 saturated heterocycles. The molecule has 0 fully saturated rings. The Morgan fingerprint density at radius 1 is 1.09 bits per heavy atom. The van der Waals surface area contributed by atoms with Crippen LogP contribution >= 0.6 is 0 Å². The fourth-order valence-corrected chi connectivity index (χ4v) is 3.24. The molecule has 2 heteroatoms. The quantitative estimate of drug-likeness (QED) is 0.730. The summed E-state index contributed by atoms with van der Waals surface area (Å²) in [4.78, 5) is 0. The number of rotatable bonds is 6. The van der Waals surface area contributed by atoms with Gasteiger partial charge in [0.15, 0.2) is 0 Å². The molecule has 2 aromatic rings. The Bertz CT molecular complexity index is 689. The first-order valence-corrected chi connectivity index (χ1v) is 8.24. The molecule has 0 amide bonds. The second-order valence-electron chi connectivity index (χ2n) is 6.09. The van der Waals surface area contributed by atoms with Crippen molar-refractivity contribution in [1.29, 1.82) is 5.26 Å². The molecule has 0 heterocycles. The molecule has 0 bridgehead atoms. The monoisotopic (exact) mass is 307 g/mol. The second-order valence-corrected chi connectivity index (χ2v) is 6.09. The number of benzene rings is 2. The lowest BCUT2D eigenvalue weighted by molar-refractivity contribution is 0.303. The van der Waals surface area contributed by atoms with E-state index in [1.807, 2.05) is 18.2 Å². The molecule has 0 aliphatic carbocycles. The Hall–Kier alpha value is -2.27. The highest BCUT2D eigenvalue weighted by Gasteiger charge is 2.16. The average molecular weight is 307 g/mol. The summed E-state index contributed by atoms with van der Waals surface area (Å²) in [6.07, 6.45) is 1.66. The largest absolute Gasteiger partial charge is 0.493 e. The Balaban J connectivity index is 2.08. The van der Waals surface area contributed by atoms with Crippen molar-refractivity contribution in [2.45, 2.75) is 46.5 Å². The van der Waals surface area contributed by atoms with Crippen LogP contribution in [0.25, 0.3) is 0 Å². The Morgan fingerprint density at radius 3 is 2.35 bits per heavy atom. The molecule has 2 aromatic carbocycles. The number of aryl methyl sites for hydroxylation is 4. The molecule has 0 spiro atoms. The lowest BCUT2D eigenvalue weighted by Crippen LogP contribution is -2.08. The number of hydrogen-bond donors (Lipinski definition) is 0. The Labute approximate surface area is 139 Å². The van der Waals surface area contributed by atoms with Crippen LogP contribution < -0.4 is 4.74 Å². The minimum absolute atomic E-state index is 0.121. The molecule has 0 saturated carbocycles. The summed E-state index contributed by atoms with van der Waals surface area (Å²) in [5, 5.41) is 9.59. The van der Waals surface area contributed by atoms with Crippen molar-refractivity contribution < 1.29 is 4.74 Å². The fourth-order valence-electron chi connectivity index (χ4n) is 3.24. The maximum Gasteiger partial charge on any atom is 0.122 e. The van der Waals surface area contributed by atoms with Crippen LogP contribution in [0.1, 0.15) is 47.1 Å². The highest BCUT2D eigenvalue weighted by Crippen LogP contribution is 2.28. The smallest absolute Gasteiger partial charge is 0.122 e. The van der Waals surface area contributed by atoms with E-state index in [2.05, 4.69) is 52.0 Å². The summed E-state index contributed by atoms with van der Waals surface area (Å²) in [7, 11) is 0. The van der Waals surface area contributed by atoms with Crippen LogP contribution in [-0.2, 0) is 6.42 Å². The van der Waals surface area contributed by atoms with Gasteiger partial charge >= 0.3 is 0 Å². The van der Waals surface area contributed by atoms with Crippen LogP contribution in [0.3, 0.4) is 0 Å². The fraction of sp³-hybridized carbons (Fsp3) is 0.381. The summed E-state index contributed by atoms with van der Waals surface area (Å²) in [6.45, 7) is 8.96. The van der Waals surface area contributed by atoms with E-state index in [-0.39, 0.29) is 5.92 Å². The third kappa shape index (κ3) is 4.13. The van der Waals surface area contributed by atoms with Crippen molar-refractivity contribution in [1.82, 2.24) is 0 Å². The first-order chi connectivity index (χ1) is 11.1. The molecule has 0 N–H and O–H groups in total. The topological polar surface area (TPSA) is 33.0 Å². The third-order valence-corrected chi connectivity index (χ3v) is 4.26. The van der Waals surface area contributed by atoms with Gasteiger partial charge in [-0.2, -0.15) is 5.26 Å². The normalized spacial score (nSPS) is 11.8. The number of nitriles is 1. The van der Waals surface area contributed by atoms with Gasteiger partial charge in [-0.1, -0.05) is 42.8 Å². The molecule has 1 unspecified atom stereocenters. The van der Waals surface area contributed by atoms with Crippen molar-refractivity contribution in [2.24, 2.45) is 0 Å². The number of ether oxygens (including phenoxy) is 1. The first kappa shape index (κ1) is 17.1. The zero-order chi connectivity index (χ0) is 16.8. The predicted octanol–water partition coefficient (Wildman–Crippen LogP) is 5.25. The summed E-state index contributed by atoms with van der Waals surface area (Å²) < 4.78 is 5.93. The van der Waals surface area contributed by atoms with Gasteiger partial charge < -0.3 is 4.74 Å². The summed E-state index contributed by atoms with van der Waals surface area (Å²) in [6, 6.07) is 14.9. The second kappa shape index (κ2) is 7.83. The summed E-state index contributed by atoms with van der Waals surface area (Å²) in [5.74, 6) is 0.813. The minimum atomic E-state index is -0.121. The molecule has 2 nitrogen and oxygen atoms in total. The van der Waals surface area contributed by atoms with Crippen LogP contribution in [0.2, 0.25) is 0 Å². The van der Waals surface area contributed by atoms with Crippen molar-refractivity contribution in [2.75, 3.05) is 6.61 Å². The van der Waals surface area contributed by atoms with E-state index in [1.54, 1.807) is 0 Å². The van der Waals surface area contributed by atoms with Crippen LogP contribution in [0.15, 0.2) is 36.4 Å². The van der Waals surface area contributed by atoms with Crippen LogP contribution in [0.5, 0.6) is 5.75 Å². The third-order valence-electron chi connectivity index (χ3n) is 4.26. The van der Waals surface area contributed by atoms with Crippen molar-refractivity contribution in [3.05, 3.63) is 64.2 Å². The molecule has 2 rings (SSSR count). The molecule has 0 radical (unpaired) electrons. The van der Waals surface area contributed by atoms with Gasteiger partial charge in [0.1, 0.15) is 5.75 Å². The van der Waals surface area contributed by atoms with E-state index < -0.39 is 0 Å². The highest BCUT2D eigenvalue weighted by atomic mass is 16.5. The number of hydrogen-bond acceptors (Lipinski definition) is 2. The first-order valence-electron chi connectivity index (χ1n) is 8.24. The van der Waals surface area contributed by atoms with Crippen LogP contribution in [0, 0.1) is 32.1 Å². The molecule has 120 valence electrons. The van der Waals surface area contributed by atoms with E-state index in [0.29, 0.717) is 13.0 Å². The molecular weight excluding hydrogens is 282 g/mol. The van der Waals surface area contributed by atoms with Gasteiger partial charge in [-0.15, -0.1) is 0 Å². The van der Waals surface area contributed by atoms with Gasteiger partial charge in [0.05, 0.1) is 18.6 Å². The molecule has 1 atom stereocenters. The summed E-state index contributed by atoms with van der Waals surface area (Å²) >= 11 is 0. The number of para-hydroxylation sites is 1. The van der Waals surface area contributed by atoms with E-state index in [4.69, 9.17) is 4.74 Å². The van der Waals surface area contributed by atoms with Gasteiger partial charge in [-0.3, -0.25) is 0 Å². The van der Waals surface area contributed by atoms with Gasteiger partial charge in [0, 0.05) is 6.42 Å². The van der Waals surface area contributed by atoms with Crippen LogP contribution in [0.4, 0.5) is 0 Å². The van der Waals surface area contributed by atoms with Gasteiger partial charge in [-0.25, -0.2) is 0 Å². The van der Waals surface area contributed by atoms with Gasteiger partial charge in [-0.05, 0) is 55.5 Å². The molecule has 0 aliphatic heterocycles. The molecule has 0 aliphatic rings. The maximum absolute atomic E-state index is 9.59. The van der Waals surface area contributed by atoms with E-state index in [1.165, 1.54) is 22.3 Å². The molecular formula is C21H25NO. The zero-order valence-electron chi connectivity index (χ0n) is 14.5. The average Bonchev–Trinajstić information content (AvgIpc) is 2.52. The van der Waals surface area contributed by atoms with Crippen molar-refractivity contribution in [3.63, 3.8) is 0 Å². The Kier molecular flexibility index (Phi) is 5.82. The predicted molar refractivity (Wildman–Crippen MR) is 94.9 cm³/mol. The van der Waals surface area contributed by atoms with Crippen molar-refractivity contribution >= 4 is 0 Å². The molecule has 0 aromatic heterocycles. The van der Waals surface area contributed by atoms with E-state index in [0.717, 1.165) is 17.7 Å². The van der Waals surface area contributed by atoms with E-state index in [9.17, 15) is 5.26 Å². The van der Waals surface area contributed by atoms with Crippen LogP contribution in [-0.4, -0.2) is 6.61 Å². The van der Waals surface area contributed by atoms with E-state index >= 15 is 0 Å². The standard InChI is InChI=1S/C21H25NO/c1-5-18-8-6-7-9-20(18)23-11-10-19(14-22)21-16(3)12-15(2)13-17(21)4/h6-9,12-13,19H,5,10-11H2,1-4H3.